The maximum Gasteiger partial charge on any atom is 0.185 e. The maximum absolute atomic E-state index is 11.2. The van der Waals surface area contributed by atoms with Crippen LogP contribution in [0.25, 0.3) is 0 Å². The molecule has 62 valence electrons. The standard InChI is InChI=1S/C8H5Cl2NO/c9-4-1-2-5(10)8-7(4)6(12)3-11-8/h1-2,11H,3H2. The first-order valence-electron chi connectivity index (χ1n) is 3.45. The number of fused-ring (bicyclic) bond motifs is 1. The number of hydrogen-bond donors (Lipinski definition) is 1. The largest absolute Gasteiger partial charge is 0.376 e. The monoisotopic (exact) mass is 201 g/mol. The van der Waals surface area contributed by atoms with Crippen LogP contribution in [0.3, 0.4) is 0 Å². The third-order valence-corrected chi connectivity index (χ3v) is 2.44. The van der Waals surface area contributed by atoms with Gasteiger partial charge in [-0.2, -0.15) is 0 Å². The van der Waals surface area contributed by atoms with E-state index in [9.17, 15) is 4.79 Å². The number of anilines is 1. The molecule has 1 aromatic rings. The summed E-state index contributed by atoms with van der Waals surface area (Å²) in [6.45, 7) is 0.290. The van der Waals surface area contributed by atoms with E-state index in [-0.39, 0.29) is 5.78 Å². The van der Waals surface area contributed by atoms with E-state index in [2.05, 4.69) is 5.32 Å². The maximum atomic E-state index is 11.2. The van der Waals surface area contributed by atoms with Crippen LogP contribution >= 0.6 is 23.2 Å². The molecular formula is C8H5Cl2NO. The van der Waals surface area contributed by atoms with Gasteiger partial charge in [0, 0.05) is 0 Å². The molecule has 0 atom stereocenters. The molecule has 1 aliphatic rings. The number of halogens is 2. The summed E-state index contributed by atoms with van der Waals surface area (Å²) in [7, 11) is 0. The second kappa shape index (κ2) is 2.64. The Morgan fingerprint density at radius 1 is 1.25 bits per heavy atom. The lowest BCUT2D eigenvalue weighted by molar-refractivity contribution is 0.101. The molecule has 0 unspecified atom stereocenters. The summed E-state index contributed by atoms with van der Waals surface area (Å²) in [6.07, 6.45) is 0. The lowest BCUT2D eigenvalue weighted by Crippen LogP contribution is -2.00. The van der Waals surface area contributed by atoms with Crippen molar-refractivity contribution in [2.75, 3.05) is 11.9 Å². The van der Waals surface area contributed by atoms with Gasteiger partial charge in [0.05, 0.1) is 27.8 Å². The second-order valence-electron chi connectivity index (χ2n) is 2.56. The highest BCUT2D eigenvalue weighted by molar-refractivity contribution is 6.39. The zero-order chi connectivity index (χ0) is 8.72. The molecule has 0 saturated heterocycles. The third-order valence-electron chi connectivity index (χ3n) is 1.81. The van der Waals surface area contributed by atoms with Crippen molar-refractivity contribution in [3.63, 3.8) is 0 Å². The number of carbonyl (C=O) groups excluding carboxylic acids is 1. The normalized spacial score (nSPS) is 14.3. The fourth-order valence-electron chi connectivity index (χ4n) is 1.25. The van der Waals surface area contributed by atoms with Gasteiger partial charge in [-0.05, 0) is 12.1 Å². The summed E-state index contributed by atoms with van der Waals surface area (Å²) in [6, 6.07) is 3.31. The zero-order valence-electron chi connectivity index (χ0n) is 6.03. The molecule has 0 saturated carbocycles. The van der Waals surface area contributed by atoms with Gasteiger partial charge < -0.3 is 5.32 Å². The summed E-state index contributed by atoms with van der Waals surface area (Å²) in [5.74, 6) is -0.00231. The summed E-state index contributed by atoms with van der Waals surface area (Å²) >= 11 is 11.7. The Labute approximate surface area is 79.5 Å². The van der Waals surface area contributed by atoms with Gasteiger partial charge in [0.15, 0.2) is 5.78 Å². The molecule has 1 aliphatic heterocycles. The average Bonchev–Trinajstić information content (AvgIpc) is 2.42. The molecule has 4 heteroatoms. The van der Waals surface area contributed by atoms with Crippen LogP contribution in [0.2, 0.25) is 10.0 Å². The van der Waals surface area contributed by atoms with E-state index >= 15 is 0 Å². The number of nitrogens with one attached hydrogen (secondary N) is 1. The molecule has 0 aliphatic carbocycles. The first-order valence-corrected chi connectivity index (χ1v) is 4.21. The number of rotatable bonds is 0. The van der Waals surface area contributed by atoms with E-state index in [4.69, 9.17) is 23.2 Å². The van der Waals surface area contributed by atoms with E-state index in [0.29, 0.717) is 27.8 Å². The highest BCUT2D eigenvalue weighted by atomic mass is 35.5. The molecule has 1 N–H and O–H groups in total. The van der Waals surface area contributed by atoms with Gasteiger partial charge in [-0.1, -0.05) is 23.2 Å². The fourth-order valence-corrected chi connectivity index (χ4v) is 1.74. The average molecular weight is 202 g/mol. The Balaban J connectivity index is 2.72. The van der Waals surface area contributed by atoms with Crippen molar-refractivity contribution in [1.29, 1.82) is 0 Å². The molecule has 0 amide bonds. The van der Waals surface area contributed by atoms with Gasteiger partial charge in [-0.15, -0.1) is 0 Å². The first-order chi connectivity index (χ1) is 5.70. The molecule has 0 radical (unpaired) electrons. The van der Waals surface area contributed by atoms with Gasteiger partial charge in [-0.25, -0.2) is 0 Å². The number of Topliss-reactive ketones (excluding diaryl/α,β-unsaturated/α-hetero) is 1. The smallest absolute Gasteiger partial charge is 0.185 e. The Morgan fingerprint density at radius 2 is 1.92 bits per heavy atom. The molecular weight excluding hydrogens is 197 g/mol. The molecule has 1 aromatic carbocycles. The first kappa shape index (κ1) is 7.90. The van der Waals surface area contributed by atoms with Crippen molar-refractivity contribution in [3.05, 3.63) is 27.7 Å². The molecule has 1 heterocycles. The van der Waals surface area contributed by atoms with Gasteiger partial charge in [0.2, 0.25) is 0 Å². The quantitative estimate of drug-likeness (QED) is 0.700. The van der Waals surface area contributed by atoms with E-state index in [1.54, 1.807) is 12.1 Å². The predicted molar refractivity (Wildman–Crippen MR) is 49.3 cm³/mol. The molecule has 0 bridgehead atoms. The SMILES string of the molecule is O=C1CNc2c(Cl)ccc(Cl)c21. The Hall–Kier alpha value is -0.730. The lowest BCUT2D eigenvalue weighted by atomic mass is 10.1. The fraction of sp³-hybridized carbons (Fsp3) is 0.125. The molecule has 0 spiro atoms. The summed E-state index contributed by atoms with van der Waals surface area (Å²) in [5.41, 5.74) is 1.18. The zero-order valence-corrected chi connectivity index (χ0v) is 7.54. The number of benzene rings is 1. The molecule has 2 rings (SSSR count). The highest BCUT2D eigenvalue weighted by Crippen LogP contribution is 2.35. The van der Waals surface area contributed by atoms with Crippen LogP contribution < -0.4 is 5.32 Å². The molecule has 0 fully saturated rings. The number of carbonyl (C=O) groups is 1. The van der Waals surface area contributed by atoms with E-state index < -0.39 is 0 Å². The molecule has 12 heavy (non-hydrogen) atoms. The van der Waals surface area contributed by atoms with Crippen LogP contribution in [-0.4, -0.2) is 12.3 Å². The van der Waals surface area contributed by atoms with Crippen molar-refractivity contribution in [1.82, 2.24) is 0 Å². The minimum Gasteiger partial charge on any atom is -0.376 e. The number of ketones is 1. The Morgan fingerprint density at radius 3 is 2.58 bits per heavy atom. The lowest BCUT2D eigenvalue weighted by Gasteiger charge is -2.01. The van der Waals surface area contributed by atoms with Crippen LogP contribution in [0.1, 0.15) is 10.4 Å². The minimum absolute atomic E-state index is 0.00231. The van der Waals surface area contributed by atoms with Crippen molar-refractivity contribution in [2.45, 2.75) is 0 Å². The van der Waals surface area contributed by atoms with Crippen molar-refractivity contribution in [3.8, 4) is 0 Å². The highest BCUT2D eigenvalue weighted by Gasteiger charge is 2.23. The van der Waals surface area contributed by atoms with E-state index in [0.717, 1.165) is 0 Å². The predicted octanol–water partition coefficient (Wildman–Crippen LogP) is 2.60. The van der Waals surface area contributed by atoms with Crippen molar-refractivity contribution >= 4 is 34.7 Å². The Bertz CT molecular complexity index is 362. The van der Waals surface area contributed by atoms with Gasteiger partial charge >= 0.3 is 0 Å². The topological polar surface area (TPSA) is 29.1 Å². The molecule has 0 aromatic heterocycles. The molecule has 2 nitrogen and oxygen atoms in total. The van der Waals surface area contributed by atoms with Gasteiger partial charge in [0.1, 0.15) is 0 Å². The van der Waals surface area contributed by atoms with Crippen LogP contribution in [0.15, 0.2) is 12.1 Å². The summed E-state index contributed by atoms with van der Waals surface area (Å²) < 4.78 is 0. The third kappa shape index (κ3) is 0.993. The summed E-state index contributed by atoms with van der Waals surface area (Å²) in [5, 5.41) is 3.90. The Kier molecular flexibility index (Phi) is 1.74. The van der Waals surface area contributed by atoms with Crippen LogP contribution in [0.5, 0.6) is 0 Å². The van der Waals surface area contributed by atoms with Crippen LogP contribution in [-0.2, 0) is 0 Å². The van der Waals surface area contributed by atoms with Crippen LogP contribution in [0, 0.1) is 0 Å². The van der Waals surface area contributed by atoms with Crippen molar-refractivity contribution < 1.29 is 4.79 Å². The van der Waals surface area contributed by atoms with Gasteiger partial charge in [0.25, 0.3) is 0 Å². The number of hydrogen-bond acceptors (Lipinski definition) is 2. The van der Waals surface area contributed by atoms with E-state index in [1.165, 1.54) is 0 Å². The van der Waals surface area contributed by atoms with E-state index in [1.807, 2.05) is 0 Å². The summed E-state index contributed by atoms with van der Waals surface area (Å²) in [4.78, 5) is 11.2. The van der Waals surface area contributed by atoms with Gasteiger partial charge in [-0.3, -0.25) is 4.79 Å². The minimum atomic E-state index is -0.00231. The van der Waals surface area contributed by atoms with Crippen molar-refractivity contribution in [2.24, 2.45) is 0 Å². The van der Waals surface area contributed by atoms with Crippen LogP contribution in [0.4, 0.5) is 5.69 Å². The second-order valence-corrected chi connectivity index (χ2v) is 3.37.